The first-order valence-electron chi connectivity index (χ1n) is 17.4. The Balaban J connectivity index is 1.40. The molecule has 0 aliphatic carbocycles. The first-order chi connectivity index (χ1) is 23.3. The van der Waals surface area contributed by atoms with Crippen LogP contribution in [-0.2, 0) is 24.3 Å². The molecule has 0 amide bonds. The maximum atomic E-state index is 12.6. The Labute approximate surface area is 287 Å². The van der Waals surface area contributed by atoms with Crippen molar-refractivity contribution in [2.24, 2.45) is 11.8 Å². The summed E-state index contributed by atoms with van der Waals surface area (Å²) in [6, 6.07) is 45.4. The zero-order valence-electron chi connectivity index (χ0n) is 28.8. The van der Waals surface area contributed by atoms with Crippen LogP contribution in [0.1, 0.15) is 74.2 Å². The molecular weight excluding hydrogens is 590 g/mol. The van der Waals surface area contributed by atoms with Gasteiger partial charge in [-0.3, -0.25) is 4.98 Å². The van der Waals surface area contributed by atoms with Crippen LogP contribution < -0.4 is 10.6 Å². The minimum Gasteiger partial charge on any atom is -0.379 e. The molecule has 2 unspecified atom stereocenters. The molecule has 48 heavy (non-hydrogen) atoms. The predicted octanol–water partition coefficient (Wildman–Crippen LogP) is 7.96. The van der Waals surface area contributed by atoms with Gasteiger partial charge < -0.3 is 20.8 Å². The third-order valence-electron chi connectivity index (χ3n) is 10.1. The number of hydrogen-bond donors (Lipinski definition) is 4. The van der Waals surface area contributed by atoms with Crippen LogP contribution in [0.5, 0.6) is 0 Å². The fourth-order valence-corrected chi connectivity index (χ4v) is 6.97. The quantitative estimate of drug-likeness (QED) is 0.0880. The van der Waals surface area contributed by atoms with Crippen LogP contribution >= 0.6 is 0 Å². The van der Waals surface area contributed by atoms with E-state index in [9.17, 15) is 10.2 Å². The monoisotopic (exact) mass is 641 g/mol. The second-order valence-electron chi connectivity index (χ2n) is 13.1. The molecule has 250 valence electrons. The highest BCUT2D eigenvalue weighted by Gasteiger charge is 2.43. The molecule has 0 spiro atoms. The van der Waals surface area contributed by atoms with E-state index in [0.29, 0.717) is 13.1 Å². The average Bonchev–Trinajstić information content (AvgIpc) is 3.16. The Morgan fingerprint density at radius 3 is 1.04 bits per heavy atom. The first kappa shape index (κ1) is 35.2. The van der Waals surface area contributed by atoms with Crippen LogP contribution in [0, 0.1) is 11.8 Å². The Morgan fingerprint density at radius 1 is 0.479 bits per heavy atom. The van der Waals surface area contributed by atoms with Gasteiger partial charge in [-0.2, -0.15) is 0 Å². The van der Waals surface area contributed by atoms with Crippen molar-refractivity contribution in [3.8, 4) is 0 Å². The molecule has 0 saturated carbocycles. The summed E-state index contributed by atoms with van der Waals surface area (Å²) in [4.78, 5) is 5.05. The smallest absolute Gasteiger partial charge is 0.130 e. The lowest BCUT2D eigenvalue weighted by atomic mass is 9.74. The van der Waals surface area contributed by atoms with Crippen molar-refractivity contribution in [2.45, 2.75) is 76.9 Å². The van der Waals surface area contributed by atoms with Crippen molar-refractivity contribution in [2.75, 3.05) is 0 Å². The average molecular weight is 642 g/mol. The highest BCUT2D eigenvalue weighted by molar-refractivity contribution is 5.40. The third kappa shape index (κ3) is 7.61. The summed E-state index contributed by atoms with van der Waals surface area (Å²) in [5.41, 5.74) is 2.77. The van der Waals surface area contributed by atoms with Gasteiger partial charge in [0.05, 0.1) is 11.4 Å². The first-order valence-corrected chi connectivity index (χ1v) is 17.4. The minimum atomic E-state index is -1.24. The van der Waals surface area contributed by atoms with Crippen molar-refractivity contribution >= 4 is 0 Å². The van der Waals surface area contributed by atoms with E-state index in [-0.39, 0.29) is 23.9 Å². The number of aromatic nitrogens is 1. The molecule has 0 aliphatic rings. The number of rotatable bonds is 16. The van der Waals surface area contributed by atoms with Gasteiger partial charge in [0.15, 0.2) is 0 Å². The van der Waals surface area contributed by atoms with E-state index >= 15 is 0 Å². The second-order valence-corrected chi connectivity index (χ2v) is 13.1. The van der Waals surface area contributed by atoms with E-state index < -0.39 is 11.2 Å². The molecular formula is C43H51N3O2. The van der Waals surface area contributed by atoms with E-state index in [1.165, 1.54) is 0 Å². The largest absolute Gasteiger partial charge is 0.379 e. The zero-order valence-corrected chi connectivity index (χ0v) is 28.8. The van der Waals surface area contributed by atoms with E-state index in [0.717, 1.165) is 46.5 Å². The van der Waals surface area contributed by atoms with Crippen molar-refractivity contribution in [3.63, 3.8) is 0 Å². The van der Waals surface area contributed by atoms with Gasteiger partial charge in [0.25, 0.3) is 0 Å². The predicted molar refractivity (Wildman–Crippen MR) is 196 cm³/mol. The lowest BCUT2D eigenvalue weighted by Gasteiger charge is -2.41. The van der Waals surface area contributed by atoms with Crippen LogP contribution in [-0.4, -0.2) is 27.3 Å². The van der Waals surface area contributed by atoms with Crippen LogP contribution in [0.25, 0.3) is 0 Å². The van der Waals surface area contributed by atoms with Gasteiger partial charge in [-0.15, -0.1) is 0 Å². The molecule has 4 aromatic carbocycles. The second kappa shape index (κ2) is 16.3. The van der Waals surface area contributed by atoms with E-state index in [2.05, 4.69) is 38.3 Å². The summed E-state index contributed by atoms with van der Waals surface area (Å²) >= 11 is 0. The van der Waals surface area contributed by atoms with Crippen molar-refractivity contribution in [1.29, 1.82) is 0 Å². The summed E-state index contributed by atoms with van der Waals surface area (Å²) in [7, 11) is 0. The van der Waals surface area contributed by atoms with Gasteiger partial charge in [-0.25, -0.2) is 0 Å². The van der Waals surface area contributed by atoms with Gasteiger partial charge >= 0.3 is 0 Å². The van der Waals surface area contributed by atoms with Crippen molar-refractivity contribution in [3.05, 3.63) is 173 Å². The van der Waals surface area contributed by atoms with Gasteiger partial charge in [-0.1, -0.05) is 168 Å². The molecule has 0 aliphatic heterocycles. The lowest BCUT2D eigenvalue weighted by Crippen LogP contribution is -2.53. The fourth-order valence-electron chi connectivity index (χ4n) is 6.97. The molecule has 5 heteroatoms. The summed E-state index contributed by atoms with van der Waals surface area (Å²) < 4.78 is 0. The van der Waals surface area contributed by atoms with Crippen LogP contribution in [0.15, 0.2) is 140 Å². The summed E-state index contributed by atoms with van der Waals surface area (Å²) in [5, 5.41) is 32.7. The minimum absolute atomic E-state index is 0.171. The number of nitrogens with one attached hydrogen (secondary N) is 2. The Morgan fingerprint density at radius 2 is 0.771 bits per heavy atom. The van der Waals surface area contributed by atoms with E-state index in [1.807, 2.05) is 140 Å². The molecule has 5 nitrogen and oxygen atoms in total. The molecule has 4 atom stereocenters. The molecule has 4 N–H and O–H groups in total. The SMILES string of the molecule is CCC(C)[C@H](NCc1cccc(CN[C@@H](C(C)CC)C(O)(c2ccccc2)c2ccccc2)n1)C(O)(c1ccccc1)c1ccccc1. The molecule has 0 fully saturated rings. The molecule has 5 aromatic rings. The number of aliphatic hydroxyl groups is 2. The molecule has 1 aromatic heterocycles. The third-order valence-corrected chi connectivity index (χ3v) is 10.1. The standard InChI is InChI=1S/C43H51N3O2/c1-5-32(3)40(42(47,34-20-11-7-12-21-34)35-22-13-8-14-23-35)44-30-38-28-19-29-39(46-38)31-45-41(33(4)6-2)43(48,36-24-15-9-16-25-36)37-26-17-10-18-27-37/h7-29,32-33,40-41,44-45,47-48H,5-6,30-31H2,1-4H3/t32?,33?,40-,41-/m0/s1. The van der Waals surface area contributed by atoms with Gasteiger partial charge in [0.2, 0.25) is 0 Å². The highest BCUT2D eigenvalue weighted by Crippen LogP contribution is 2.38. The van der Waals surface area contributed by atoms with Gasteiger partial charge in [-0.05, 0) is 46.2 Å². The van der Waals surface area contributed by atoms with Crippen LogP contribution in [0.3, 0.4) is 0 Å². The number of benzene rings is 4. The molecule has 0 bridgehead atoms. The summed E-state index contributed by atoms with van der Waals surface area (Å²) in [6.45, 7) is 9.71. The van der Waals surface area contributed by atoms with E-state index in [4.69, 9.17) is 4.98 Å². The molecule has 0 saturated heterocycles. The van der Waals surface area contributed by atoms with Gasteiger partial charge in [0, 0.05) is 25.2 Å². The van der Waals surface area contributed by atoms with Crippen LogP contribution in [0.2, 0.25) is 0 Å². The molecule has 1 heterocycles. The van der Waals surface area contributed by atoms with Gasteiger partial charge in [0.1, 0.15) is 11.2 Å². The Kier molecular flexibility index (Phi) is 12.0. The normalized spacial score (nSPS) is 14.6. The highest BCUT2D eigenvalue weighted by atomic mass is 16.3. The summed E-state index contributed by atoms with van der Waals surface area (Å²) in [5.74, 6) is 0.343. The number of hydrogen-bond acceptors (Lipinski definition) is 5. The van der Waals surface area contributed by atoms with Crippen molar-refractivity contribution in [1.82, 2.24) is 15.6 Å². The molecule has 5 rings (SSSR count). The Hall–Kier alpha value is -4.13. The number of pyridine rings is 1. The maximum Gasteiger partial charge on any atom is 0.130 e. The fraction of sp³-hybridized carbons (Fsp3) is 0.326. The Bertz CT molecular complexity index is 1460. The zero-order chi connectivity index (χ0) is 34.0. The van der Waals surface area contributed by atoms with Crippen molar-refractivity contribution < 1.29 is 10.2 Å². The van der Waals surface area contributed by atoms with Crippen LogP contribution in [0.4, 0.5) is 0 Å². The maximum absolute atomic E-state index is 12.6. The molecule has 0 radical (unpaired) electrons. The lowest BCUT2D eigenvalue weighted by molar-refractivity contribution is 0.0142. The summed E-state index contributed by atoms with van der Waals surface area (Å²) in [6.07, 6.45) is 1.81. The van der Waals surface area contributed by atoms with E-state index in [1.54, 1.807) is 0 Å². The number of nitrogens with zero attached hydrogens (tertiary/aromatic N) is 1. The topological polar surface area (TPSA) is 77.4 Å².